The van der Waals surface area contributed by atoms with Crippen molar-refractivity contribution in [2.24, 2.45) is 5.92 Å². The third kappa shape index (κ3) is 3.29. The summed E-state index contributed by atoms with van der Waals surface area (Å²) in [4.78, 5) is 2.63. The minimum absolute atomic E-state index is 0.697. The summed E-state index contributed by atoms with van der Waals surface area (Å²) in [5, 5.41) is 12.4. The molecule has 1 saturated heterocycles. The maximum absolute atomic E-state index is 8.96. The fraction of sp³-hybridized carbons (Fsp3) is 0.533. The molecule has 3 nitrogen and oxygen atoms in total. The monoisotopic (exact) mass is 319 g/mol. The number of nitrogens with one attached hydrogen (secondary N) is 1. The van der Waals surface area contributed by atoms with Crippen molar-refractivity contribution in [2.75, 3.05) is 25.0 Å². The highest BCUT2D eigenvalue weighted by Gasteiger charge is 2.34. The van der Waals surface area contributed by atoms with E-state index in [-0.39, 0.29) is 0 Å². The maximum Gasteiger partial charge on any atom is 0.0992 e. The Hall–Kier alpha value is -1.05. The molecule has 0 aromatic heterocycles. The van der Waals surface area contributed by atoms with Gasteiger partial charge in [0.1, 0.15) is 0 Å². The van der Waals surface area contributed by atoms with Gasteiger partial charge in [-0.1, -0.05) is 15.9 Å². The Labute approximate surface area is 122 Å². The van der Waals surface area contributed by atoms with E-state index in [2.05, 4.69) is 32.2 Å². The molecule has 0 spiro atoms. The summed E-state index contributed by atoms with van der Waals surface area (Å²) in [6, 6.07) is 8.87. The van der Waals surface area contributed by atoms with Gasteiger partial charge in [-0.2, -0.15) is 5.26 Å². The van der Waals surface area contributed by atoms with Crippen molar-refractivity contribution in [2.45, 2.75) is 25.3 Å². The number of anilines is 1. The van der Waals surface area contributed by atoms with Crippen molar-refractivity contribution in [3.8, 4) is 6.07 Å². The first-order chi connectivity index (χ1) is 9.24. The second-order valence-corrected chi connectivity index (χ2v) is 6.52. The van der Waals surface area contributed by atoms with Crippen molar-refractivity contribution in [3.63, 3.8) is 0 Å². The van der Waals surface area contributed by atoms with Crippen molar-refractivity contribution in [3.05, 3.63) is 28.2 Å². The molecular formula is C15H18BrN3. The van der Waals surface area contributed by atoms with Gasteiger partial charge in [0, 0.05) is 29.3 Å². The zero-order chi connectivity index (χ0) is 13.2. The molecule has 1 N–H and O–H groups in total. The van der Waals surface area contributed by atoms with Gasteiger partial charge in [-0.25, -0.2) is 0 Å². The van der Waals surface area contributed by atoms with Crippen LogP contribution in [0.15, 0.2) is 22.7 Å². The average molecular weight is 320 g/mol. The molecule has 2 fully saturated rings. The Balaban J connectivity index is 1.54. The maximum atomic E-state index is 8.96. The lowest BCUT2D eigenvalue weighted by Crippen LogP contribution is -2.24. The van der Waals surface area contributed by atoms with Crippen LogP contribution in [0.2, 0.25) is 0 Å². The van der Waals surface area contributed by atoms with Gasteiger partial charge in [0.2, 0.25) is 0 Å². The number of halogens is 1. The van der Waals surface area contributed by atoms with E-state index in [1.165, 1.54) is 32.4 Å². The summed E-state index contributed by atoms with van der Waals surface area (Å²) in [6.07, 6.45) is 4.09. The van der Waals surface area contributed by atoms with Crippen LogP contribution in [-0.4, -0.2) is 30.6 Å². The van der Waals surface area contributed by atoms with Crippen LogP contribution in [0.5, 0.6) is 0 Å². The molecule has 0 radical (unpaired) electrons. The smallest absolute Gasteiger partial charge is 0.0992 e. The van der Waals surface area contributed by atoms with E-state index in [4.69, 9.17) is 5.26 Å². The Morgan fingerprint density at radius 3 is 2.89 bits per heavy atom. The minimum Gasteiger partial charge on any atom is -0.385 e. The van der Waals surface area contributed by atoms with Gasteiger partial charge in [0.05, 0.1) is 11.6 Å². The second-order valence-electron chi connectivity index (χ2n) is 5.60. The van der Waals surface area contributed by atoms with Crippen LogP contribution in [0.3, 0.4) is 0 Å². The van der Waals surface area contributed by atoms with Crippen LogP contribution >= 0.6 is 15.9 Å². The normalized spacial score (nSPS) is 23.3. The van der Waals surface area contributed by atoms with Gasteiger partial charge in [0.15, 0.2) is 0 Å². The first-order valence-electron chi connectivity index (χ1n) is 6.93. The fourth-order valence-corrected chi connectivity index (χ4v) is 3.31. The number of hydrogen-bond acceptors (Lipinski definition) is 3. The Morgan fingerprint density at radius 1 is 1.32 bits per heavy atom. The van der Waals surface area contributed by atoms with Crippen molar-refractivity contribution < 1.29 is 0 Å². The average Bonchev–Trinajstić information content (AvgIpc) is 3.15. The van der Waals surface area contributed by atoms with Crippen LogP contribution in [0.1, 0.15) is 24.8 Å². The molecule has 1 saturated carbocycles. The van der Waals surface area contributed by atoms with E-state index in [1.807, 2.05) is 18.2 Å². The topological polar surface area (TPSA) is 39.1 Å². The summed E-state index contributed by atoms with van der Waals surface area (Å²) >= 11 is 3.44. The molecule has 0 bridgehead atoms. The van der Waals surface area contributed by atoms with E-state index < -0.39 is 0 Å². The van der Waals surface area contributed by atoms with Crippen LogP contribution in [0.4, 0.5) is 5.69 Å². The zero-order valence-corrected chi connectivity index (χ0v) is 12.5. The number of rotatable bonds is 4. The quantitative estimate of drug-likeness (QED) is 0.926. The molecular weight excluding hydrogens is 302 g/mol. The molecule has 1 aromatic carbocycles. The molecule has 2 aliphatic rings. The van der Waals surface area contributed by atoms with Gasteiger partial charge in [-0.05, 0) is 49.9 Å². The number of benzene rings is 1. The second kappa shape index (κ2) is 5.52. The third-order valence-corrected chi connectivity index (χ3v) is 4.46. The summed E-state index contributed by atoms with van der Waals surface area (Å²) in [7, 11) is 0. The van der Waals surface area contributed by atoms with Gasteiger partial charge >= 0.3 is 0 Å². The summed E-state index contributed by atoms with van der Waals surface area (Å²) in [5.74, 6) is 0.741. The predicted molar refractivity (Wildman–Crippen MR) is 80.0 cm³/mol. The molecule has 1 aliphatic carbocycles. The SMILES string of the molecule is N#Cc1cc(Br)cc(NCC2CCN(C3CC3)C2)c1. The van der Waals surface area contributed by atoms with Crippen LogP contribution in [-0.2, 0) is 0 Å². The van der Waals surface area contributed by atoms with Crippen LogP contribution in [0, 0.1) is 17.2 Å². The lowest BCUT2D eigenvalue weighted by molar-refractivity contribution is 0.316. The predicted octanol–water partition coefficient (Wildman–Crippen LogP) is 3.22. The third-order valence-electron chi connectivity index (χ3n) is 4.00. The highest BCUT2D eigenvalue weighted by Crippen LogP contribution is 2.31. The summed E-state index contributed by atoms with van der Waals surface area (Å²) in [5.41, 5.74) is 1.73. The molecule has 1 unspecified atom stereocenters. The molecule has 100 valence electrons. The number of nitriles is 1. The van der Waals surface area contributed by atoms with Gasteiger partial charge in [0.25, 0.3) is 0 Å². The lowest BCUT2D eigenvalue weighted by Gasteiger charge is -2.15. The van der Waals surface area contributed by atoms with E-state index in [1.54, 1.807) is 0 Å². The van der Waals surface area contributed by atoms with Crippen molar-refractivity contribution >= 4 is 21.6 Å². The Kier molecular flexibility index (Phi) is 3.76. The van der Waals surface area contributed by atoms with E-state index in [0.717, 1.165) is 28.7 Å². The van der Waals surface area contributed by atoms with E-state index >= 15 is 0 Å². The fourth-order valence-electron chi connectivity index (χ4n) is 2.82. The van der Waals surface area contributed by atoms with Crippen LogP contribution < -0.4 is 5.32 Å². The first kappa shape index (κ1) is 13.0. The Morgan fingerprint density at radius 2 is 2.16 bits per heavy atom. The summed E-state index contributed by atoms with van der Waals surface area (Å²) < 4.78 is 0.958. The zero-order valence-electron chi connectivity index (χ0n) is 10.9. The van der Waals surface area contributed by atoms with Crippen molar-refractivity contribution in [1.82, 2.24) is 4.90 Å². The molecule has 0 amide bonds. The van der Waals surface area contributed by atoms with Gasteiger partial charge < -0.3 is 10.2 Å². The van der Waals surface area contributed by atoms with Gasteiger partial charge in [-0.3, -0.25) is 0 Å². The summed E-state index contributed by atoms with van der Waals surface area (Å²) in [6.45, 7) is 3.50. The molecule has 1 aliphatic heterocycles. The molecule has 1 atom stereocenters. The molecule has 4 heteroatoms. The number of nitrogens with zero attached hydrogens (tertiary/aromatic N) is 2. The lowest BCUT2D eigenvalue weighted by atomic mass is 10.1. The standard InChI is InChI=1S/C15H18BrN3/c16-13-5-12(8-17)6-14(7-13)18-9-11-3-4-19(10-11)15-1-2-15/h5-7,11,15,18H,1-4,9-10H2. The van der Waals surface area contributed by atoms with Crippen LogP contribution in [0.25, 0.3) is 0 Å². The number of hydrogen-bond donors (Lipinski definition) is 1. The van der Waals surface area contributed by atoms with E-state index in [9.17, 15) is 0 Å². The molecule has 1 aromatic rings. The molecule has 3 rings (SSSR count). The highest BCUT2D eigenvalue weighted by molar-refractivity contribution is 9.10. The van der Waals surface area contributed by atoms with Gasteiger partial charge in [-0.15, -0.1) is 0 Å². The minimum atomic E-state index is 0.697. The van der Waals surface area contributed by atoms with Crippen molar-refractivity contribution in [1.29, 1.82) is 5.26 Å². The Bertz CT molecular complexity index is 505. The largest absolute Gasteiger partial charge is 0.385 e. The first-order valence-corrected chi connectivity index (χ1v) is 7.72. The van der Waals surface area contributed by atoms with E-state index in [0.29, 0.717) is 5.56 Å². The molecule has 19 heavy (non-hydrogen) atoms. The highest BCUT2D eigenvalue weighted by atomic mass is 79.9. The molecule has 1 heterocycles. The number of likely N-dealkylation sites (tertiary alicyclic amines) is 1.